The van der Waals surface area contributed by atoms with Crippen LogP contribution in [0.4, 0.5) is 0 Å². The Labute approximate surface area is 163 Å². The molecule has 0 aliphatic carbocycles. The van der Waals surface area contributed by atoms with Crippen molar-refractivity contribution >= 4 is 29.7 Å². The van der Waals surface area contributed by atoms with Gasteiger partial charge in [0.05, 0.1) is 5.01 Å². The number of nitrogens with zero attached hydrogens (tertiary/aromatic N) is 4. The van der Waals surface area contributed by atoms with E-state index in [0.717, 1.165) is 5.01 Å². The lowest BCUT2D eigenvalue weighted by atomic mass is 10.2. The molecule has 0 aliphatic heterocycles. The molecule has 2 heterocycles. The summed E-state index contributed by atoms with van der Waals surface area (Å²) in [6, 6.07) is 0. The van der Waals surface area contributed by atoms with Gasteiger partial charge in [0.1, 0.15) is 18.3 Å². The number of nitrogens with two attached hydrogens (primary N) is 1. The predicted octanol–water partition coefficient (Wildman–Crippen LogP) is 2.45. The number of rotatable bonds is 9. The molecule has 1 unspecified atom stereocenters. The molecule has 146 valence electrons. The summed E-state index contributed by atoms with van der Waals surface area (Å²) in [5, 5.41) is 6.53. The lowest BCUT2D eigenvalue weighted by molar-refractivity contribution is 0.0402. The van der Waals surface area contributed by atoms with E-state index in [1.807, 2.05) is 6.92 Å². The number of amides is 1. The molecule has 0 spiro atoms. The van der Waals surface area contributed by atoms with Crippen LogP contribution in [0.5, 0.6) is 0 Å². The summed E-state index contributed by atoms with van der Waals surface area (Å²) in [6.07, 6.45) is 0.418. The fourth-order valence-corrected chi connectivity index (χ4v) is 2.81. The van der Waals surface area contributed by atoms with Crippen LogP contribution < -0.4 is 5.73 Å². The maximum absolute atomic E-state index is 12.4. The molecule has 0 aromatic carbocycles. The van der Waals surface area contributed by atoms with E-state index in [1.165, 1.54) is 16.2 Å². The Morgan fingerprint density at radius 2 is 2.12 bits per heavy atom. The van der Waals surface area contributed by atoms with E-state index in [4.69, 9.17) is 15.0 Å². The minimum absolute atomic E-state index is 0. The van der Waals surface area contributed by atoms with E-state index in [0.29, 0.717) is 42.9 Å². The van der Waals surface area contributed by atoms with Crippen LogP contribution in [-0.4, -0.2) is 46.1 Å². The number of hydrogen-bond acceptors (Lipinski definition) is 8. The monoisotopic (exact) mass is 403 g/mol. The Hall–Kier alpha value is -1.55. The predicted molar refractivity (Wildman–Crippen MR) is 101 cm³/mol. The van der Waals surface area contributed by atoms with Crippen molar-refractivity contribution < 1.29 is 14.1 Å². The van der Waals surface area contributed by atoms with E-state index in [2.05, 4.69) is 29.0 Å². The molecule has 0 saturated carbocycles. The molecule has 2 N–H and O–H groups in total. The fourth-order valence-electron chi connectivity index (χ4n) is 2.03. The highest BCUT2D eigenvalue weighted by molar-refractivity contribution is 7.09. The van der Waals surface area contributed by atoms with Gasteiger partial charge in [0.15, 0.2) is 5.82 Å². The van der Waals surface area contributed by atoms with Crippen LogP contribution in [0.25, 0.3) is 0 Å². The zero-order valence-electron chi connectivity index (χ0n) is 15.5. The Balaban J connectivity index is 0.00000338. The van der Waals surface area contributed by atoms with Gasteiger partial charge in [-0.15, -0.1) is 23.7 Å². The average Bonchev–Trinajstić information content (AvgIpc) is 3.22. The number of hydrogen-bond donors (Lipinski definition) is 1. The van der Waals surface area contributed by atoms with Crippen LogP contribution in [0.1, 0.15) is 54.1 Å². The molecule has 2 rings (SSSR count). The molecule has 0 bridgehead atoms. The summed E-state index contributed by atoms with van der Waals surface area (Å²) in [5.74, 6) is 1.09. The third-order valence-electron chi connectivity index (χ3n) is 3.38. The molecular weight excluding hydrogens is 378 g/mol. The largest absolute Gasteiger partial charge is 0.370 e. The zero-order valence-corrected chi connectivity index (χ0v) is 17.1. The average molecular weight is 404 g/mol. The first-order valence-corrected chi connectivity index (χ1v) is 9.12. The molecule has 10 heteroatoms. The van der Waals surface area contributed by atoms with E-state index in [1.54, 1.807) is 12.4 Å². The standard InChI is InChI=1S/C16H25N5O3S.ClH/c1-10(2)8-23-11(3)15-19-13(24-20-15)7-21(4)16(22)12-9-25-14(18-12)5-6-17;/h9-11H,5-8,17H2,1-4H3;1H. The highest BCUT2D eigenvalue weighted by Gasteiger charge is 2.20. The van der Waals surface area contributed by atoms with Gasteiger partial charge in [0.2, 0.25) is 5.89 Å². The van der Waals surface area contributed by atoms with E-state index in [-0.39, 0.29) is 31.0 Å². The van der Waals surface area contributed by atoms with Gasteiger partial charge in [-0.05, 0) is 19.4 Å². The highest BCUT2D eigenvalue weighted by atomic mass is 35.5. The number of carbonyl (C=O) groups is 1. The summed E-state index contributed by atoms with van der Waals surface area (Å²) in [4.78, 5) is 22.5. The Kier molecular flexibility index (Phi) is 9.14. The Morgan fingerprint density at radius 1 is 1.38 bits per heavy atom. The molecule has 2 aromatic heterocycles. The molecule has 1 amide bonds. The summed E-state index contributed by atoms with van der Waals surface area (Å²) >= 11 is 1.44. The third kappa shape index (κ3) is 6.31. The van der Waals surface area contributed by atoms with Crippen LogP contribution in [0, 0.1) is 5.92 Å². The maximum Gasteiger partial charge on any atom is 0.273 e. The second-order valence-electron chi connectivity index (χ2n) is 6.24. The molecule has 0 saturated heterocycles. The van der Waals surface area contributed by atoms with Crippen molar-refractivity contribution in [3.05, 3.63) is 27.8 Å². The van der Waals surface area contributed by atoms with E-state index in [9.17, 15) is 4.79 Å². The molecule has 0 radical (unpaired) electrons. The molecule has 26 heavy (non-hydrogen) atoms. The van der Waals surface area contributed by atoms with Crippen molar-refractivity contribution in [1.82, 2.24) is 20.0 Å². The first-order chi connectivity index (χ1) is 11.9. The minimum Gasteiger partial charge on any atom is -0.370 e. The van der Waals surface area contributed by atoms with Gasteiger partial charge in [-0.1, -0.05) is 19.0 Å². The number of halogens is 1. The first kappa shape index (κ1) is 22.5. The number of thiazole rings is 1. The number of ether oxygens (including phenoxy) is 1. The quantitative estimate of drug-likeness (QED) is 0.685. The normalized spacial score (nSPS) is 12.1. The maximum atomic E-state index is 12.4. The zero-order chi connectivity index (χ0) is 18.4. The molecule has 2 aromatic rings. The van der Waals surface area contributed by atoms with Crippen LogP contribution in [0.15, 0.2) is 9.90 Å². The molecular formula is C16H26ClN5O3S. The van der Waals surface area contributed by atoms with Crippen molar-refractivity contribution in [2.24, 2.45) is 11.7 Å². The number of carbonyl (C=O) groups excluding carboxylic acids is 1. The van der Waals surface area contributed by atoms with Crippen LogP contribution in [0.2, 0.25) is 0 Å². The van der Waals surface area contributed by atoms with Gasteiger partial charge in [0.25, 0.3) is 5.91 Å². The Morgan fingerprint density at radius 3 is 2.77 bits per heavy atom. The van der Waals surface area contributed by atoms with Crippen LogP contribution in [-0.2, 0) is 17.7 Å². The highest BCUT2D eigenvalue weighted by Crippen LogP contribution is 2.16. The van der Waals surface area contributed by atoms with Gasteiger partial charge >= 0.3 is 0 Å². The summed E-state index contributed by atoms with van der Waals surface area (Å²) in [6.45, 7) is 7.38. The lowest BCUT2D eigenvalue weighted by Gasteiger charge is -2.13. The first-order valence-electron chi connectivity index (χ1n) is 8.24. The molecule has 1 atom stereocenters. The second-order valence-corrected chi connectivity index (χ2v) is 7.18. The van der Waals surface area contributed by atoms with Crippen LogP contribution in [0.3, 0.4) is 0 Å². The van der Waals surface area contributed by atoms with Crippen molar-refractivity contribution in [3.63, 3.8) is 0 Å². The summed E-state index contributed by atoms with van der Waals surface area (Å²) in [7, 11) is 1.67. The second kappa shape index (κ2) is 10.6. The number of aromatic nitrogens is 3. The van der Waals surface area contributed by atoms with Crippen molar-refractivity contribution in [2.45, 2.75) is 39.8 Å². The van der Waals surface area contributed by atoms with Crippen molar-refractivity contribution in [3.8, 4) is 0 Å². The van der Waals surface area contributed by atoms with Gasteiger partial charge in [-0.2, -0.15) is 4.98 Å². The fraction of sp³-hybridized carbons (Fsp3) is 0.625. The van der Waals surface area contributed by atoms with E-state index >= 15 is 0 Å². The van der Waals surface area contributed by atoms with Gasteiger partial charge in [0, 0.05) is 25.5 Å². The van der Waals surface area contributed by atoms with Gasteiger partial charge < -0.3 is 19.9 Å². The molecule has 0 fully saturated rings. The lowest BCUT2D eigenvalue weighted by Crippen LogP contribution is -2.26. The third-order valence-corrected chi connectivity index (χ3v) is 4.28. The van der Waals surface area contributed by atoms with Crippen molar-refractivity contribution in [2.75, 3.05) is 20.2 Å². The van der Waals surface area contributed by atoms with Gasteiger partial charge in [-0.3, -0.25) is 4.79 Å². The summed E-state index contributed by atoms with van der Waals surface area (Å²) in [5.41, 5.74) is 5.91. The van der Waals surface area contributed by atoms with Crippen molar-refractivity contribution in [1.29, 1.82) is 0 Å². The van der Waals surface area contributed by atoms with Gasteiger partial charge in [-0.25, -0.2) is 4.98 Å². The topological polar surface area (TPSA) is 107 Å². The SMILES string of the molecule is CC(C)COC(C)c1noc(CN(C)C(=O)c2csc(CCN)n2)n1.Cl. The smallest absolute Gasteiger partial charge is 0.273 e. The molecule has 8 nitrogen and oxygen atoms in total. The minimum atomic E-state index is -0.252. The van der Waals surface area contributed by atoms with E-state index < -0.39 is 0 Å². The summed E-state index contributed by atoms with van der Waals surface area (Å²) < 4.78 is 10.9. The Bertz CT molecular complexity index is 691. The van der Waals surface area contributed by atoms with Crippen LogP contribution >= 0.6 is 23.7 Å². The molecule has 0 aliphatic rings.